The zero-order chi connectivity index (χ0) is 13.9. The molecule has 0 aromatic carbocycles. The Morgan fingerprint density at radius 2 is 1.79 bits per heavy atom. The van der Waals surface area contributed by atoms with Gasteiger partial charge in [0.1, 0.15) is 0 Å². The van der Waals surface area contributed by atoms with Gasteiger partial charge in [-0.15, -0.1) is 0 Å². The molecule has 0 aliphatic carbocycles. The van der Waals surface area contributed by atoms with E-state index in [1.54, 1.807) is 0 Å². The minimum absolute atomic E-state index is 0.128. The predicted molar refractivity (Wildman–Crippen MR) is 75.0 cm³/mol. The molecule has 1 rings (SSSR count). The lowest BCUT2D eigenvalue weighted by atomic mass is 10.3. The first kappa shape index (κ1) is 16.4. The Balaban J connectivity index is 2.01. The Bertz CT molecular complexity index is 237. The molecule has 1 fully saturated rings. The minimum Gasteiger partial charge on any atom is -0.353 e. The van der Waals surface area contributed by atoms with Crippen LogP contribution >= 0.6 is 0 Å². The average Bonchev–Trinajstić information content (AvgIpc) is 2.92. The Morgan fingerprint density at radius 1 is 1.16 bits per heavy atom. The molecule has 0 aromatic rings. The molecule has 1 N–H and O–H groups in total. The van der Waals surface area contributed by atoms with E-state index in [9.17, 15) is 4.79 Å². The van der Waals surface area contributed by atoms with Crippen molar-refractivity contribution in [3.05, 3.63) is 0 Å². The van der Waals surface area contributed by atoms with E-state index < -0.39 is 0 Å². The van der Waals surface area contributed by atoms with E-state index in [2.05, 4.69) is 5.32 Å². The highest BCUT2D eigenvalue weighted by molar-refractivity contribution is 5.76. The van der Waals surface area contributed by atoms with Crippen LogP contribution in [0.4, 0.5) is 0 Å². The van der Waals surface area contributed by atoms with Crippen LogP contribution in [0.3, 0.4) is 0 Å². The first-order chi connectivity index (χ1) is 9.27. The maximum atomic E-state index is 11.8. The summed E-state index contributed by atoms with van der Waals surface area (Å²) >= 11 is 0. The number of likely N-dealkylation sites (tertiary alicyclic amines) is 1. The molecule has 1 heterocycles. The molecule has 0 bridgehead atoms. The van der Waals surface area contributed by atoms with E-state index in [0.29, 0.717) is 19.6 Å². The number of hydrogen-bond donors (Lipinski definition) is 1. The Kier molecular flexibility index (Phi) is 8.79. The van der Waals surface area contributed by atoms with Gasteiger partial charge >= 0.3 is 0 Å². The number of nitrogens with zero attached hydrogens (tertiary/aromatic N) is 1. The maximum Gasteiger partial charge on any atom is 0.223 e. The number of nitrogens with one attached hydrogen (secondary N) is 1. The molecule has 5 heteroatoms. The fourth-order valence-corrected chi connectivity index (χ4v) is 2.25. The minimum atomic E-state index is -0.128. The Hall–Kier alpha value is -0.650. The summed E-state index contributed by atoms with van der Waals surface area (Å²) in [4.78, 5) is 13.7. The second-order valence-electron chi connectivity index (χ2n) is 4.72. The van der Waals surface area contributed by atoms with Crippen LogP contribution in [0.1, 0.15) is 39.5 Å². The lowest BCUT2D eigenvalue weighted by Crippen LogP contribution is -2.32. The lowest BCUT2D eigenvalue weighted by molar-refractivity contribution is -0.138. The molecule has 112 valence electrons. The molecule has 5 nitrogen and oxygen atoms in total. The molecule has 0 radical (unpaired) electrons. The van der Waals surface area contributed by atoms with Crippen LogP contribution in [0.15, 0.2) is 0 Å². The van der Waals surface area contributed by atoms with Gasteiger partial charge in [0.2, 0.25) is 5.91 Å². The number of ether oxygens (including phenoxy) is 2. The van der Waals surface area contributed by atoms with Crippen molar-refractivity contribution in [2.45, 2.75) is 45.8 Å². The molecule has 1 amide bonds. The third kappa shape index (κ3) is 6.89. The van der Waals surface area contributed by atoms with Crippen LogP contribution in [0.25, 0.3) is 0 Å². The molecule has 0 spiro atoms. The molecule has 19 heavy (non-hydrogen) atoms. The summed E-state index contributed by atoms with van der Waals surface area (Å²) in [5.41, 5.74) is 0. The van der Waals surface area contributed by atoms with Gasteiger partial charge < -0.3 is 19.7 Å². The summed E-state index contributed by atoms with van der Waals surface area (Å²) in [5, 5.41) is 3.28. The highest BCUT2D eigenvalue weighted by Crippen LogP contribution is 2.08. The summed E-state index contributed by atoms with van der Waals surface area (Å²) in [5.74, 6) is 0.274. The van der Waals surface area contributed by atoms with E-state index >= 15 is 0 Å². The third-order valence-electron chi connectivity index (χ3n) is 3.24. The van der Waals surface area contributed by atoms with Crippen LogP contribution in [0.2, 0.25) is 0 Å². The van der Waals surface area contributed by atoms with E-state index in [1.165, 1.54) is 0 Å². The zero-order valence-electron chi connectivity index (χ0n) is 12.3. The van der Waals surface area contributed by atoms with Crippen molar-refractivity contribution >= 4 is 5.91 Å². The second kappa shape index (κ2) is 10.2. The van der Waals surface area contributed by atoms with Crippen molar-refractivity contribution in [2.75, 3.05) is 39.4 Å². The fraction of sp³-hybridized carbons (Fsp3) is 0.929. The Labute approximate surface area is 116 Å². The van der Waals surface area contributed by atoms with Crippen molar-refractivity contribution in [1.29, 1.82) is 0 Å². The average molecular weight is 272 g/mol. The van der Waals surface area contributed by atoms with Gasteiger partial charge in [0, 0.05) is 45.7 Å². The fourth-order valence-electron chi connectivity index (χ4n) is 2.25. The van der Waals surface area contributed by atoms with Crippen molar-refractivity contribution in [2.24, 2.45) is 0 Å². The highest BCUT2D eigenvalue weighted by Gasteiger charge is 2.16. The Morgan fingerprint density at radius 3 is 2.37 bits per heavy atom. The molecule has 1 saturated heterocycles. The van der Waals surface area contributed by atoms with Crippen LogP contribution in [0, 0.1) is 0 Å². The van der Waals surface area contributed by atoms with Gasteiger partial charge in [-0.2, -0.15) is 0 Å². The monoisotopic (exact) mass is 272 g/mol. The quantitative estimate of drug-likeness (QED) is 0.482. The molecular weight excluding hydrogens is 244 g/mol. The zero-order valence-corrected chi connectivity index (χ0v) is 12.3. The van der Waals surface area contributed by atoms with Crippen LogP contribution in [0.5, 0.6) is 0 Å². The van der Waals surface area contributed by atoms with Crippen molar-refractivity contribution in [1.82, 2.24) is 10.2 Å². The summed E-state index contributed by atoms with van der Waals surface area (Å²) in [6.07, 6.45) is 3.59. The third-order valence-corrected chi connectivity index (χ3v) is 3.24. The van der Waals surface area contributed by atoms with E-state index in [1.807, 2.05) is 18.7 Å². The highest BCUT2D eigenvalue weighted by atomic mass is 16.7. The standard InChI is InChI=1S/C14H28N2O3/c1-3-18-14(19-4-2)8-10-15-9-7-13(17)16-11-5-6-12-16/h14-15H,3-12H2,1-2H3. The largest absolute Gasteiger partial charge is 0.353 e. The summed E-state index contributed by atoms with van der Waals surface area (Å²) in [6, 6.07) is 0. The summed E-state index contributed by atoms with van der Waals surface area (Å²) in [7, 11) is 0. The second-order valence-corrected chi connectivity index (χ2v) is 4.72. The number of carbonyl (C=O) groups excluding carboxylic acids is 1. The summed E-state index contributed by atoms with van der Waals surface area (Å²) < 4.78 is 10.9. The molecule has 0 aromatic heterocycles. The van der Waals surface area contributed by atoms with E-state index in [-0.39, 0.29) is 12.2 Å². The van der Waals surface area contributed by atoms with Crippen molar-refractivity contribution < 1.29 is 14.3 Å². The lowest BCUT2D eigenvalue weighted by Gasteiger charge is -2.17. The number of carbonyl (C=O) groups is 1. The van der Waals surface area contributed by atoms with Crippen molar-refractivity contribution in [3.8, 4) is 0 Å². The SMILES string of the molecule is CCOC(CCNCCC(=O)N1CCCC1)OCC. The van der Waals surface area contributed by atoms with Gasteiger partial charge in [-0.25, -0.2) is 0 Å². The smallest absolute Gasteiger partial charge is 0.223 e. The molecule has 1 aliphatic heterocycles. The predicted octanol–water partition coefficient (Wildman–Crippen LogP) is 1.38. The van der Waals surface area contributed by atoms with Gasteiger partial charge in [-0.1, -0.05) is 0 Å². The molecular formula is C14H28N2O3. The van der Waals surface area contributed by atoms with Crippen LogP contribution in [-0.2, 0) is 14.3 Å². The van der Waals surface area contributed by atoms with Gasteiger partial charge in [0.25, 0.3) is 0 Å². The number of hydrogen-bond acceptors (Lipinski definition) is 4. The van der Waals surface area contributed by atoms with Crippen LogP contribution < -0.4 is 5.32 Å². The molecule has 0 unspecified atom stereocenters. The van der Waals surface area contributed by atoms with Gasteiger partial charge in [0.15, 0.2) is 6.29 Å². The normalized spacial score (nSPS) is 15.4. The number of rotatable bonds is 10. The first-order valence-corrected chi connectivity index (χ1v) is 7.49. The summed E-state index contributed by atoms with van der Waals surface area (Å²) in [6.45, 7) is 8.70. The molecule has 0 saturated carbocycles. The van der Waals surface area contributed by atoms with Gasteiger partial charge in [0.05, 0.1) is 0 Å². The van der Waals surface area contributed by atoms with E-state index in [0.717, 1.165) is 45.4 Å². The maximum absolute atomic E-state index is 11.8. The molecule has 1 aliphatic rings. The van der Waals surface area contributed by atoms with E-state index in [4.69, 9.17) is 9.47 Å². The number of amides is 1. The van der Waals surface area contributed by atoms with Crippen molar-refractivity contribution in [3.63, 3.8) is 0 Å². The topological polar surface area (TPSA) is 50.8 Å². The van der Waals surface area contributed by atoms with Crippen LogP contribution in [-0.4, -0.2) is 56.5 Å². The first-order valence-electron chi connectivity index (χ1n) is 7.49. The molecule has 0 atom stereocenters. The van der Waals surface area contributed by atoms with Gasteiger partial charge in [-0.05, 0) is 33.2 Å². The van der Waals surface area contributed by atoms with Gasteiger partial charge in [-0.3, -0.25) is 4.79 Å².